The third kappa shape index (κ3) is 2.20. The summed E-state index contributed by atoms with van der Waals surface area (Å²) in [6.07, 6.45) is 1.20. The van der Waals surface area contributed by atoms with E-state index in [-0.39, 0.29) is 0 Å². The molecule has 0 bridgehead atoms. The first-order chi connectivity index (χ1) is 5.74. The van der Waals surface area contributed by atoms with Gasteiger partial charge in [0.05, 0.1) is 5.71 Å². The second-order valence-corrected chi connectivity index (χ2v) is 2.64. The normalized spacial score (nSPS) is 27.1. The maximum atomic E-state index is 10.5. The van der Waals surface area contributed by atoms with E-state index in [1.165, 1.54) is 7.11 Å². The fourth-order valence-electron chi connectivity index (χ4n) is 1.19. The van der Waals surface area contributed by atoms with Crippen LogP contribution in [0.15, 0.2) is 5.16 Å². The topological polar surface area (TPSA) is 70.9 Å². The van der Waals surface area contributed by atoms with E-state index >= 15 is 0 Å². The molecule has 5 heteroatoms. The fraction of sp³-hybridized carbons (Fsp3) is 0.714. The minimum atomic E-state index is -0.835. The SMILES string of the molecule is CO/N=C1\CCNC(C(=O)O)C1. The highest BCUT2D eigenvalue weighted by molar-refractivity contribution is 5.90. The van der Waals surface area contributed by atoms with E-state index in [0.717, 1.165) is 12.1 Å². The zero-order chi connectivity index (χ0) is 8.97. The molecule has 0 aliphatic carbocycles. The van der Waals surface area contributed by atoms with Gasteiger partial charge in [-0.15, -0.1) is 0 Å². The van der Waals surface area contributed by atoms with Crippen LogP contribution in [-0.2, 0) is 9.63 Å². The molecule has 0 amide bonds. The van der Waals surface area contributed by atoms with Crippen LogP contribution in [0.3, 0.4) is 0 Å². The molecule has 0 saturated carbocycles. The van der Waals surface area contributed by atoms with Gasteiger partial charge in [-0.3, -0.25) is 4.79 Å². The number of carbonyl (C=O) groups is 1. The Balaban J connectivity index is 2.51. The number of carboxylic acid groups (broad SMARTS) is 1. The van der Waals surface area contributed by atoms with Gasteiger partial charge in [0.1, 0.15) is 13.2 Å². The predicted octanol–water partition coefficient (Wildman–Crippen LogP) is -0.175. The summed E-state index contributed by atoms with van der Waals surface area (Å²) in [5.41, 5.74) is 0.809. The van der Waals surface area contributed by atoms with Crippen molar-refractivity contribution in [2.75, 3.05) is 13.7 Å². The van der Waals surface area contributed by atoms with Crippen LogP contribution in [0.4, 0.5) is 0 Å². The molecule has 1 unspecified atom stereocenters. The molecule has 2 N–H and O–H groups in total. The van der Waals surface area contributed by atoms with Crippen LogP contribution in [0.5, 0.6) is 0 Å². The van der Waals surface area contributed by atoms with Gasteiger partial charge in [0.2, 0.25) is 0 Å². The summed E-state index contributed by atoms with van der Waals surface area (Å²) in [5, 5.41) is 15.3. The van der Waals surface area contributed by atoms with Crippen LogP contribution in [0, 0.1) is 0 Å². The summed E-state index contributed by atoms with van der Waals surface area (Å²) in [7, 11) is 1.46. The van der Waals surface area contributed by atoms with Crippen molar-refractivity contribution in [3.63, 3.8) is 0 Å². The van der Waals surface area contributed by atoms with Crippen molar-refractivity contribution >= 4 is 11.7 Å². The van der Waals surface area contributed by atoms with Gasteiger partial charge < -0.3 is 15.3 Å². The van der Waals surface area contributed by atoms with E-state index in [1.54, 1.807) is 0 Å². The molecule has 1 heterocycles. The quantitative estimate of drug-likeness (QED) is 0.567. The number of hydrogen-bond donors (Lipinski definition) is 2. The Bertz CT molecular complexity index is 203. The third-order valence-corrected chi connectivity index (χ3v) is 1.76. The van der Waals surface area contributed by atoms with Gasteiger partial charge >= 0.3 is 5.97 Å². The Kier molecular flexibility index (Phi) is 3.04. The van der Waals surface area contributed by atoms with Crippen molar-refractivity contribution < 1.29 is 14.7 Å². The van der Waals surface area contributed by atoms with Crippen LogP contribution in [0.2, 0.25) is 0 Å². The van der Waals surface area contributed by atoms with Crippen LogP contribution in [0.1, 0.15) is 12.8 Å². The molecule has 0 radical (unpaired) electrons. The Morgan fingerprint density at radius 2 is 2.58 bits per heavy atom. The van der Waals surface area contributed by atoms with Crippen LogP contribution >= 0.6 is 0 Å². The molecule has 1 aliphatic rings. The first-order valence-corrected chi connectivity index (χ1v) is 3.79. The first-order valence-electron chi connectivity index (χ1n) is 3.79. The van der Waals surface area contributed by atoms with Crippen molar-refractivity contribution in [3.05, 3.63) is 0 Å². The highest BCUT2D eigenvalue weighted by atomic mass is 16.6. The number of oxime groups is 1. The summed E-state index contributed by atoms with van der Waals surface area (Å²) in [4.78, 5) is 15.1. The monoisotopic (exact) mass is 172 g/mol. The summed E-state index contributed by atoms with van der Waals surface area (Å²) >= 11 is 0. The van der Waals surface area contributed by atoms with Crippen molar-refractivity contribution in [2.45, 2.75) is 18.9 Å². The zero-order valence-corrected chi connectivity index (χ0v) is 6.91. The number of nitrogens with zero attached hydrogens (tertiary/aromatic N) is 1. The number of piperidine rings is 1. The molecule has 1 saturated heterocycles. The second-order valence-electron chi connectivity index (χ2n) is 2.64. The molecule has 0 aromatic carbocycles. The Morgan fingerprint density at radius 1 is 1.83 bits per heavy atom. The van der Waals surface area contributed by atoms with Gasteiger partial charge in [0, 0.05) is 19.4 Å². The van der Waals surface area contributed by atoms with E-state index in [1.807, 2.05) is 0 Å². The van der Waals surface area contributed by atoms with Gasteiger partial charge in [0.15, 0.2) is 0 Å². The van der Waals surface area contributed by atoms with Gasteiger partial charge in [0.25, 0.3) is 0 Å². The number of carboxylic acids is 1. The molecule has 1 atom stereocenters. The Labute approximate surface area is 70.4 Å². The lowest BCUT2D eigenvalue weighted by atomic mass is 10.0. The second kappa shape index (κ2) is 4.06. The number of nitrogens with one attached hydrogen (secondary N) is 1. The standard InChI is InChI=1S/C7H12N2O3/c1-12-9-5-2-3-8-6(4-5)7(10)11/h6,8H,2-4H2,1H3,(H,10,11)/b9-5+. The summed E-state index contributed by atoms with van der Waals surface area (Å²) < 4.78 is 0. The number of rotatable bonds is 2. The number of aliphatic carboxylic acids is 1. The fourth-order valence-corrected chi connectivity index (χ4v) is 1.19. The lowest BCUT2D eigenvalue weighted by Gasteiger charge is -2.20. The molecule has 1 fully saturated rings. The lowest BCUT2D eigenvalue weighted by molar-refractivity contribution is -0.139. The molecule has 5 nitrogen and oxygen atoms in total. The van der Waals surface area contributed by atoms with Crippen LogP contribution in [0.25, 0.3) is 0 Å². The smallest absolute Gasteiger partial charge is 0.321 e. The Morgan fingerprint density at radius 3 is 3.17 bits per heavy atom. The van der Waals surface area contributed by atoms with Gasteiger partial charge in [-0.05, 0) is 0 Å². The minimum absolute atomic E-state index is 0.434. The largest absolute Gasteiger partial charge is 0.480 e. The maximum absolute atomic E-state index is 10.5. The molecule has 1 rings (SSSR count). The summed E-state index contributed by atoms with van der Waals surface area (Å²) in [5.74, 6) is -0.835. The van der Waals surface area contributed by atoms with Crippen molar-refractivity contribution in [1.82, 2.24) is 5.32 Å². The highest BCUT2D eigenvalue weighted by Gasteiger charge is 2.23. The molecule has 0 aromatic rings. The van der Waals surface area contributed by atoms with Crippen molar-refractivity contribution in [2.24, 2.45) is 5.16 Å². The average molecular weight is 172 g/mol. The lowest BCUT2D eigenvalue weighted by Crippen LogP contribution is -2.43. The van der Waals surface area contributed by atoms with E-state index in [0.29, 0.717) is 13.0 Å². The van der Waals surface area contributed by atoms with Crippen LogP contribution < -0.4 is 5.32 Å². The van der Waals surface area contributed by atoms with E-state index < -0.39 is 12.0 Å². The van der Waals surface area contributed by atoms with Crippen LogP contribution in [-0.4, -0.2) is 36.5 Å². The Hall–Kier alpha value is -1.10. The van der Waals surface area contributed by atoms with Gasteiger partial charge in [-0.25, -0.2) is 0 Å². The van der Waals surface area contributed by atoms with Gasteiger partial charge in [-0.1, -0.05) is 5.16 Å². The van der Waals surface area contributed by atoms with Crippen molar-refractivity contribution in [3.8, 4) is 0 Å². The third-order valence-electron chi connectivity index (χ3n) is 1.76. The van der Waals surface area contributed by atoms with E-state index in [4.69, 9.17) is 5.11 Å². The molecule has 0 aromatic heterocycles. The predicted molar refractivity (Wildman–Crippen MR) is 43.1 cm³/mol. The molecular weight excluding hydrogens is 160 g/mol. The maximum Gasteiger partial charge on any atom is 0.321 e. The van der Waals surface area contributed by atoms with E-state index in [2.05, 4.69) is 15.3 Å². The van der Waals surface area contributed by atoms with E-state index in [9.17, 15) is 4.79 Å². The zero-order valence-electron chi connectivity index (χ0n) is 6.91. The summed E-state index contributed by atoms with van der Waals surface area (Å²) in [6, 6.07) is -0.507. The minimum Gasteiger partial charge on any atom is -0.480 e. The molecule has 68 valence electrons. The molecule has 12 heavy (non-hydrogen) atoms. The molecular formula is C7H12N2O3. The first kappa shape index (κ1) is 8.99. The van der Waals surface area contributed by atoms with Crippen molar-refractivity contribution in [1.29, 1.82) is 0 Å². The average Bonchev–Trinajstić information content (AvgIpc) is 2.05. The molecule has 1 aliphatic heterocycles. The van der Waals surface area contributed by atoms with Gasteiger partial charge in [-0.2, -0.15) is 0 Å². The number of hydrogen-bond acceptors (Lipinski definition) is 4. The highest BCUT2D eigenvalue weighted by Crippen LogP contribution is 2.05. The summed E-state index contributed by atoms with van der Waals surface area (Å²) in [6.45, 7) is 0.652. The molecule has 0 spiro atoms.